The van der Waals surface area contributed by atoms with Crippen molar-refractivity contribution in [2.75, 3.05) is 11.1 Å². The Kier molecular flexibility index (Phi) is 4.78. The number of H-pyrrole nitrogens is 1. The maximum Gasteiger partial charge on any atom is 0.257 e. The van der Waals surface area contributed by atoms with Gasteiger partial charge in [-0.05, 0) is 35.9 Å². The van der Waals surface area contributed by atoms with Crippen molar-refractivity contribution in [1.82, 2.24) is 15.0 Å². The van der Waals surface area contributed by atoms with Crippen molar-refractivity contribution in [2.45, 2.75) is 0 Å². The standard InChI is InChI=1S/C21H16ClN5O/c22-17-8-7-15(26-21(28)14-6-9-19(23)24-11-14)10-16(17)20-25-12-18(27-20)13-4-2-1-3-5-13/h1-12H,(H2,23,24)(H,25,27)(H,26,28). The van der Waals surface area contributed by atoms with Gasteiger partial charge in [0.05, 0.1) is 22.5 Å². The highest BCUT2D eigenvalue weighted by Crippen LogP contribution is 2.30. The summed E-state index contributed by atoms with van der Waals surface area (Å²) in [5.74, 6) is 0.691. The number of carbonyl (C=O) groups excluding carboxylic acids is 1. The van der Waals surface area contributed by atoms with Crippen molar-refractivity contribution in [2.24, 2.45) is 0 Å². The fraction of sp³-hybridized carbons (Fsp3) is 0. The number of benzene rings is 2. The monoisotopic (exact) mass is 389 g/mol. The minimum Gasteiger partial charge on any atom is -0.384 e. The molecule has 138 valence electrons. The van der Waals surface area contributed by atoms with E-state index in [0.717, 1.165) is 11.3 Å². The molecule has 4 N–H and O–H groups in total. The Labute approximate surface area is 166 Å². The fourth-order valence-corrected chi connectivity index (χ4v) is 2.96. The molecule has 0 bridgehead atoms. The first-order chi connectivity index (χ1) is 13.6. The molecule has 0 atom stereocenters. The number of hydrogen-bond donors (Lipinski definition) is 3. The zero-order valence-corrected chi connectivity index (χ0v) is 15.4. The van der Waals surface area contributed by atoms with Gasteiger partial charge >= 0.3 is 0 Å². The van der Waals surface area contributed by atoms with Crippen LogP contribution in [-0.4, -0.2) is 20.9 Å². The lowest BCUT2D eigenvalue weighted by Gasteiger charge is -2.08. The van der Waals surface area contributed by atoms with Gasteiger partial charge in [-0.1, -0.05) is 41.9 Å². The van der Waals surface area contributed by atoms with Gasteiger partial charge in [-0.15, -0.1) is 0 Å². The molecule has 4 rings (SSSR count). The number of nitrogens with two attached hydrogens (primary N) is 1. The first kappa shape index (κ1) is 17.8. The number of rotatable bonds is 4. The number of nitrogen functional groups attached to an aromatic ring is 1. The van der Waals surface area contributed by atoms with Crippen LogP contribution in [0.4, 0.5) is 11.5 Å². The van der Waals surface area contributed by atoms with E-state index in [9.17, 15) is 4.79 Å². The third-order valence-corrected chi connectivity index (χ3v) is 4.52. The third kappa shape index (κ3) is 3.72. The summed E-state index contributed by atoms with van der Waals surface area (Å²) in [6.45, 7) is 0. The summed E-state index contributed by atoms with van der Waals surface area (Å²) < 4.78 is 0. The number of amides is 1. The lowest BCUT2D eigenvalue weighted by Crippen LogP contribution is -2.12. The number of aromatic amines is 1. The Balaban J connectivity index is 1.60. The average Bonchev–Trinajstić information content (AvgIpc) is 3.20. The van der Waals surface area contributed by atoms with E-state index in [-0.39, 0.29) is 5.91 Å². The lowest BCUT2D eigenvalue weighted by molar-refractivity contribution is 0.102. The van der Waals surface area contributed by atoms with E-state index in [2.05, 4.69) is 20.3 Å². The van der Waals surface area contributed by atoms with Crippen molar-refractivity contribution in [1.29, 1.82) is 0 Å². The zero-order valence-electron chi connectivity index (χ0n) is 14.7. The Morgan fingerprint density at radius 3 is 2.57 bits per heavy atom. The Morgan fingerprint density at radius 2 is 1.82 bits per heavy atom. The van der Waals surface area contributed by atoms with Gasteiger partial charge in [-0.25, -0.2) is 9.97 Å². The smallest absolute Gasteiger partial charge is 0.257 e. The van der Waals surface area contributed by atoms with E-state index in [0.29, 0.717) is 33.5 Å². The van der Waals surface area contributed by atoms with Gasteiger partial charge in [0.25, 0.3) is 5.91 Å². The van der Waals surface area contributed by atoms with Gasteiger partial charge in [0.2, 0.25) is 0 Å². The summed E-state index contributed by atoms with van der Waals surface area (Å²) in [7, 11) is 0. The van der Waals surface area contributed by atoms with Gasteiger partial charge in [0.1, 0.15) is 11.6 Å². The van der Waals surface area contributed by atoms with Crippen LogP contribution in [0, 0.1) is 0 Å². The maximum atomic E-state index is 12.4. The van der Waals surface area contributed by atoms with Crippen molar-refractivity contribution < 1.29 is 4.79 Å². The topological polar surface area (TPSA) is 96.7 Å². The molecule has 0 fully saturated rings. The molecule has 28 heavy (non-hydrogen) atoms. The lowest BCUT2D eigenvalue weighted by atomic mass is 10.1. The molecule has 0 aliphatic rings. The van der Waals surface area contributed by atoms with Crippen LogP contribution in [0.15, 0.2) is 73.1 Å². The predicted octanol–water partition coefficient (Wildman–Crippen LogP) is 4.63. The Hall–Kier alpha value is -3.64. The van der Waals surface area contributed by atoms with Crippen molar-refractivity contribution in [3.8, 4) is 22.6 Å². The van der Waals surface area contributed by atoms with E-state index in [1.807, 2.05) is 30.3 Å². The molecule has 0 saturated carbocycles. The number of imidazole rings is 1. The molecule has 0 saturated heterocycles. The molecule has 0 radical (unpaired) electrons. The summed E-state index contributed by atoms with van der Waals surface area (Å²) in [6.07, 6.45) is 3.19. The molecule has 2 heterocycles. The molecule has 0 aliphatic heterocycles. The number of hydrogen-bond acceptors (Lipinski definition) is 4. The SMILES string of the molecule is Nc1ccc(C(=O)Nc2ccc(Cl)c(-c3ncc(-c4ccccc4)[nH]3)c2)cn1. The summed E-state index contributed by atoms with van der Waals surface area (Å²) in [4.78, 5) is 24.0. The van der Waals surface area contributed by atoms with Crippen LogP contribution < -0.4 is 11.1 Å². The second kappa shape index (κ2) is 7.54. The number of nitrogens with zero attached hydrogens (tertiary/aromatic N) is 2. The van der Waals surface area contributed by atoms with Crippen LogP contribution in [0.3, 0.4) is 0 Å². The van der Waals surface area contributed by atoms with E-state index >= 15 is 0 Å². The molecule has 6 nitrogen and oxygen atoms in total. The summed E-state index contributed by atoms with van der Waals surface area (Å²) in [6, 6.07) is 18.3. The number of aromatic nitrogens is 3. The normalized spacial score (nSPS) is 10.6. The minimum atomic E-state index is -0.287. The fourth-order valence-electron chi connectivity index (χ4n) is 2.75. The number of halogens is 1. The van der Waals surface area contributed by atoms with Crippen molar-refractivity contribution in [3.63, 3.8) is 0 Å². The van der Waals surface area contributed by atoms with Crippen LogP contribution in [0.2, 0.25) is 5.02 Å². The molecular weight excluding hydrogens is 374 g/mol. The van der Waals surface area contributed by atoms with Crippen molar-refractivity contribution >= 4 is 29.0 Å². The number of pyridine rings is 1. The van der Waals surface area contributed by atoms with Crippen LogP contribution >= 0.6 is 11.6 Å². The Morgan fingerprint density at radius 1 is 1.00 bits per heavy atom. The first-order valence-electron chi connectivity index (χ1n) is 8.53. The van der Waals surface area contributed by atoms with E-state index in [1.54, 1.807) is 36.5 Å². The Bertz CT molecular complexity index is 1120. The molecule has 0 aliphatic carbocycles. The largest absolute Gasteiger partial charge is 0.384 e. The highest BCUT2D eigenvalue weighted by molar-refractivity contribution is 6.33. The second-order valence-electron chi connectivity index (χ2n) is 6.13. The number of carbonyl (C=O) groups is 1. The number of nitrogens with one attached hydrogen (secondary N) is 2. The summed E-state index contributed by atoms with van der Waals surface area (Å²) in [5, 5.41) is 3.36. The number of anilines is 2. The first-order valence-corrected chi connectivity index (χ1v) is 8.91. The van der Waals surface area contributed by atoms with E-state index < -0.39 is 0 Å². The summed E-state index contributed by atoms with van der Waals surface area (Å²) in [5.41, 5.74) is 9.17. The van der Waals surface area contributed by atoms with Crippen LogP contribution in [0.25, 0.3) is 22.6 Å². The average molecular weight is 390 g/mol. The molecule has 1 amide bonds. The highest BCUT2D eigenvalue weighted by Gasteiger charge is 2.12. The van der Waals surface area contributed by atoms with E-state index in [4.69, 9.17) is 17.3 Å². The quantitative estimate of drug-likeness (QED) is 0.474. The van der Waals surface area contributed by atoms with Gasteiger partial charge in [-0.3, -0.25) is 4.79 Å². The van der Waals surface area contributed by atoms with Gasteiger partial charge in [0.15, 0.2) is 0 Å². The zero-order chi connectivity index (χ0) is 19.5. The molecular formula is C21H16ClN5O. The molecule has 0 spiro atoms. The van der Waals surface area contributed by atoms with E-state index in [1.165, 1.54) is 6.20 Å². The minimum absolute atomic E-state index is 0.287. The maximum absolute atomic E-state index is 12.4. The van der Waals surface area contributed by atoms with Gasteiger partial charge in [0, 0.05) is 17.4 Å². The summed E-state index contributed by atoms with van der Waals surface area (Å²) >= 11 is 6.36. The van der Waals surface area contributed by atoms with Crippen LogP contribution in [0.1, 0.15) is 10.4 Å². The molecule has 4 aromatic rings. The van der Waals surface area contributed by atoms with Gasteiger partial charge < -0.3 is 16.0 Å². The third-order valence-electron chi connectivity index (χ3n) is 4.19. The van der Waals surface area contributed by atoms with Crippen LogP contribution in [0.5, 0.6) is 0 Å². The van der Waals surface area contributed by atoms with Gasteiger partial charge in [-0.2, -0.15) is 0 Å². The van der Waals surface area contributed by atoms with Crippen LogP contribution in [-0.2, 0) is 0 Å². The second-order valence-corrected chi connectivity index (χ2v) is 6.54. The molecule has 2 aromatic carbocycles. The van der Waals surface area contributed by atoms with Crippen molar-refractivity contribution in [3.05, 3.63) is 83.6 Å². The molecule has 0 unspecified atom stereocenters. The molecule has 2 aromatic heterocycles. The highest BCUT2D eigenvalue weighted by atomic mass is 35.5. The molecule has 7 heteroatoms. The predicted molar refractivity (Wildman–Crippen MR) is 111 cm³/mol.